The highest BCUT2D eigenvalue weighted by Crippen LogP contribution is 2.17. The van der Waals surface area contributed by atoms with Gasteiger partial charge in [0.2, 0.25) is 0 Å². The number of nitrogens with zero attached hydrogens (tertiary/aromatic N) is 1. The minimum Gasteiger partial charge on any atom is -0.383 e. The number of piperazine rings is 1. The number of benzene rings is 1. The van der Waals surface area contributed by atoms with Crippen molar-refractivity contribution in [2.24, 2.45) is 0 Å². The molecule has 1 unspecified atom stereocenters. The first-order valence-corrected chi connectivity index (χ1v) is 6.91. The van der Waals surface area contributed by atoms with E-state index < -0.39 is 0 Å². The van der Waals surface area contributed by atoms with Crippen molar-refractivity contribution < 1.29 is 0 Å². The average molecular weight is 247 g/mol. The Morgan fingerprint density at radius 3 is 2.67 bits per heavy atom. The van der Waals surface area contributed by atoms with E-state index in [1.807, 2.05) is 0 Å². The Morgan fingerprint density at radius 2 is 2.06 bits per heavy atom. The van der Waals surface area contributed by atoms with Crippen LogP contribution < -0.4 is 10.6 Å². The molecule has 0 radical (unpaired) electrons. The Kier molecular flexibility index (Phi) is 4.61. The van der Waals surface area contributed by atoms with Gasteiger partial charge in [-0.15, -0.1) is 0 Å². The first-order chi connectivity index (χ1) is 8.65. The molecule has 0 spiro atoms. The summed E-state index contributed by atoms with van der Waals surface area (Å²) < 4.78 is 0. The molecule has 3 heteroatoms. The van der Waals surface area contributed by atoms with Crippen LogP contribution in [-0.4, -0.2) is 44.2 Å². The number of anilines is 1. The standard InChI is InChI=1S/C15H25N3/c1-12(2)13-4-6-14(7-5-13)17-10-15-11-18(3)9-8-16-15/h4-7,12,15-17H,8-11H2,1-3H3. The predicted octanol–water partition coefficient (Wildman–Crippen LogP) is 2.13. The molecule has 1 heterocycles. The SMILES string of the molecule is CC(C)c1ccc(NCC2CN(C)CCN2)cc1. The molecule has 18 heavy (non-hydrogen) atoms. The van der Waals surface area contributed by atoms with Crippen molar-refractivity contribution in [2.45, 2.75) is 25.8 Å². The third-order valence-electron chi connectivity index (χ3n) is 3.59. The highest BCUT2D eigenvalue weighted by Gasteiger charge is 2.15. The van der Waals surface area contributed by atoms with Gasteiger partial charge < -0.3 is 15.5 Å². The van der Waals surface area contributed by atoms with Crippen molar-refractivity contribution in [3.8, 4) is 0 Å². The molecule has 100 valence electrons. The summed E-state index contributed by atoms with van der Waals surface area (Å²) in [5.74, 6) is 0.604. The Morgan fingerprint density at radius 1 is 1.33 bits per heavy atom. The molecule has 1 aromatic rings. The van der Waals surface area contributed by atoms with Crippen molar-refractivity contribution in [2.75, 3.05) is 38.5 Å². The van der Waals surface area contributed by atoms with Gasteiger partial charge in [-0.2, -0.15) is 0 Å². The minimum absolute atomic E-state index is 0.550. The minimum atomic E-state index is 0.550. The van der Waals surface area contributed by atoms with E-state index in [-0.39, 0.29) is 0 Å². The number of hydrogen-bond acceptors (Lipinski definition) is 3. The number of nitrogens with one attached hydrogen (secondary N) is 2. The van der Waals surface area contributed by atoms with Crippen LogP contribution in [0.15, 0.2) is 24.3 Å². The largest absolute Gasteiger partial charge is 0.383 e. The quantitative estimate of drug-likeness (QED) is 0.853. The normalized spacial score (nSPS) is 21.2. The van der Waals surface area contributed by atoms with Gasteiger partial charge in [0.25, 0.3) is 0 Å². The maximum Gasteiger partial charge on any atom is 0.0369 e. The van der Waals surface area contributed by atoms with Crippen LogP contribution in [0.4, 0.5) is 5.69 Å². The molecule has 0 bridgehead atoms. The van der Waals surface area contributed by atoms with Gasteiger partial charge in [-0.1, -0.05) is 26.0 Å². The lowest BCUT2D eigenvalue weighted by Crippen LogP contribution is -2.51. The number of likely N-dealkylation sites (N-methyl/N-ethyl adjacent to an activating group) is 1. The van der Waals surface area contributed by atoms with E-state index in [1.54, 1.807) is 0 Å². The molecule has 1 aliphatic rings. The van der Waals surface area contributed by atoms with Crippen LogP contribution in [0.2, 0.25) is 0 Å². The van der Waals surface area contributed by atoms with Crippen LogP contribution in [0.5, 0.6) is 0 Å². The monoisotopic (exact) mass is 247 g/mol. The Balaban J connectivity index is 1.82. The lowest BCUT2D eigenvalue weighted by molar-refractivity contribution is 0.244. The topological polar surface area (TPSA) is 27.3 Å². The number of rotatable bonds is 4. The molecule has 2 rings (SSSR count). The zero-order valence-corrected chi connectivity index (χ0v) is 11.7. The van der Waals surface area contributed by atoms with Crippen LogP contribution in [-0.2, 0) is 0 Å². The molecule has 0 aromatic heterocycles. The summed E-state index contributed by atoms with van der Waals surface area (Å²) >= 11 is 0. The molecule has 0 amide bonds. The Hall–Kier alpha value is -1.06. The van der Waals surface area contributed by atoms with Gasteiger partial charge in [-0.3, -0.25) is 0 Å². The summed E-state index contributed by atoms with van der Waals surface area (Å²) in [5.41, 5.74) is 2.62. The van der Waals surface area contributed by atoms with Crippen LogP contribution in [0.1, 0.15) is 25.3 Å². The molecular weight excluding hydrogens is 222 g/mol. The summed E-state index contributed by atoms with van der Waals surface area (Å²) in [6.07, 6.45) is 0. The van der Waals surface area contributed by atoms with Crippen molar-refractivity contribution in [3.63, 3.8) is 0 Å². The van der Waals surface area contributed by atoms with Gasteiger partial charge >= 0.3 is 0 Å². The van der Waals surface area contributed by atoms with E-state index in [4.69, 9.17) is 0 Å². The third kappa shape index (κ3) is 3.72. The second-order valence-corrected chi connectivity index (χ2v) is 5.57. The summed E-state index contributed by atoms with van der Waals surface area (Å²) in [4.78, 5) is 2.38. The fourth-order valence-corrected chi connectivity index (χ4v) is 2.36. The summed E-state index contributed by atoms with van der Waals surface area (Å²) in [6, 6.07) is 9.35. The average Bonchev–Trinajstić information content (AvgIpc) is 2.37. The highest BCUT2D eigenvalue weighted by molar-refractivity contribution is 5.45. The van der Waals surface area contributed by atoms with E-state index >= 15 is 0 Å². The van der Waals surface area contributed by atoms with Crippen molar-refractivity contribution >= 4 is 5.69 Å². The maximum absolute atomic E-state index is 3.55. The molecule has 1 saturated heterocycles. The summed E-state index contributed by atoms with van der Waals surface area (Å²) in [7, 11) is 2.19. The predicted molar refractivity (Wildman–Crippen MR) is 78.3 cm³/mol. The van der Waals surface area contributed by atoms with E-state index in [0.717, 1.165) is 26.2 Å². The van der Waals surface area contributed by atoms with Crippen LogP contribution in [0.25, 0.3) is 0 Å². The summed E-state index contributed by atoms with van der Waals surface area (Å²) in [5, 5.41) is 7.06. The second kappa shape index (κ2) is 6.21. The molecule has 1 fully saturated rings. The van der Waals surface area contributed by atoms with Gasteiger partial charge in [0.15, 0.2) is 0 Å². The fourth-order valence-electron chi connectivity index (χ4n) is 2.36. The number of hydrogen-bond donors (Lipinski definition) is 2. The third-order valence-corrected chi connectivity index (χ3v) is 3.59. The highest BCUT2D eigenvalue weighted by atomic mass is 15.2. The molecule has 0 saturated carbocycles. The van der Waals surface area contributed by atoms with Gasteiger partial charge in [-0.25, -0.2) is 0 Å². The first-order valence-electron chi connectivity index (χ1n) is 6.91. The summed E-state index contributed by atoms with van der Waals surface area (Å²) in [6.45, 7) is 8.81. The van der Waals surface area contributed by atoms with Gasteiger partial charge in [0.1, 0.15) is 0 Å². The van der Waals surface area contributed by atoms with Crippen molar-refractivity contribution in [1.29, 1.82) is 0 Å². The molecule has 1 atom stereocenters. The van der Waals surface area contributed by atoms with E-state index in [2.05, 4.69) is 60.7 Å². The van der Waals surface area contributed by atoms with E-state index in [9.17, 15) is 0 Å². The smallest absolute Gasteiger partial charge is 0.0369 e. The van der Waals surface area contributed by atoms with Gasteiger partial charge in [0.05, 0.1) is 0 Å². The maximum atomic E-state index is 3.55. The first kappa shape index (κ1) is 13.4. The fraction of sp³-hybridized carbons (Fsp3) is 0.600. The van der Waals surface area contributed by atoms with Gasteiger partial charge in [0, 0.05) is 37.9 Å². The van der Waals surface area contributed by atoms with E-state index in [0.29, 0.717) is 12.0 Å². The Bertz CT molecular complexity index is 359. The molecule has 2 N–H and O–H groups in total. The van der Waals surface area contributed by atoms with Crippen molar-refractivity contribution in [3.05, 3.63) is 29.8 Å². The zero-order valence-electron chi connectivity index (χ0n) is 11.7. The van der Waals surface area contributed by atoms with Crippen LogP contribution in [0, 0.1) is 0 Å². The Labute approximate surface area is 111 Å². The van der Waals surface area contributed by atoms with Crippen molar-refractivity contribution in [1.82, 2.24) is 10.2 Å². The molecule has 0 aliphatic carbocycles. The second-order valence-electron chi connectivity index (χ2n) is 5.57. The van der Waals surface area contributed by atoms with Crippen LogP contribution in [0.3, 0.4) is 0 Å². The van der Waals surface area contributed by atoms with Gasteiger partial charge in [-0.05, 0) is 30.7 Å². The lowest BCUT2D eigenvalue weighted by Gasteiger charge is -2.31. The molecule has 3 nitrogen and oxygen atoms in total. The molecule has 1 aliphatic heterocycles. The zero-order chi connectivity index (χ0) is 13.0. The lowest BCUT2D eigenvalue weighted by atomic mass is 10.0. The molecular formula is C15H25N3. The molecule has 1 aromatic carbocycles. The van der Waals surface area contributed by atoms with Crippen LogP contribution >= 0.6 is 0 Å². The van der Waals surface area contributed by atoms with E-state index in [1.165, 1.54) is 11.3 Å².